The van der Waals surface area contributed by atoms with Crippen LogP contribution in [0.2, 0.25) is 0 Å². The van der Waals surface area contributed by atoms with Crippen molar-refractivity contribution in [1.82, 2.24) is 0 Å². The van der Waals surface area contributed by atoms with E-state index in [1.807, 2.05) is 36.4 Å². The van der Waals surface area contributed by atoms with Crippen LogP contribution in [0.3, 0.4) is 0 Å². The molecule has 0 saturated heterocycles. The van der Waals surface area contributed by atoms with Gasteiger partial charge in [-0.1, -0.05) is 61.7 Å². The van der Waals surface area contributed by atoms with Crippen LogP contribution in [0.25, 0.3) is 27.5 Å². The summed E-state index contributed by atoms with van der Waals surface area (Å²) in [4.78, 5) is 0. The van der Waals surface area contributed by atoms with E-state index in [9.17, 15) is 4.39 Å². The Balaban J connectivity index is 2.04. The van der Waals surface area contributed by atoms with E-state index in [4.69, 9.17) is 5.73 Å². The van der Waals surface area contributed by atoms with Gasteiger partial charge in [0, 0.05) is 5.69 Å². The summed E-state index contributed by atoms with van der Waals surface area (Å²) in [6.45, 7) is 7.26. The number of benzene rings is 3. The molecule has 0 amide bonds. The van der Waals surface area contributed by atoms with Crippen molar-refractivity contribution in [3.05, 3.63) is 97.4 Å². The van der Waals surface area contributed by atoms with Gasteiger partial charge in [-0.15, -0.1) is 0 Å². The quantitative estimate of drug-likeness (QED) is 0.454. The molecule has 1 nitrogen and oxygen atoms in total. The predicted octanol–water partition coefficient (Wildman–Crippen LogP) is 6.14. The third-order valence-corrected chi connectivity index (χ3v) is 3.94. The molecular formula is C22H18FN. The molecule has 0 spiro atoms. The smallest absolute Gasteiger partial charge is 0.116 e. The van der Waals surface area contributed by atoms with E-state index >= 15 is 0 Å². The first-order valence-corrected chi connectivity index (χ1v) is 7.65. The van der Waals surface area contributed by atoms with Crippen LogP contribution < -0.4 is 5.73 Å². The van der Waals surface area contributed by atoms with Crippen LogP contribution in [0.5, 0.6) is 0 Å². The number of rotatable bonds is 4. The molecule has 0 unspecified atom stereocenters. The second kappa shape index (κ2) is 6.55. The molecule has 24 heavy (non-hydrogen) atoms. The predicted molar refractivity (Wildman–Crippen MR) is 102 cm³/mol. The zero-order valence-electron chi connectivity index (χ0n) is 13.3. The van der Waals surface area contributed by atoms with Gasteiger partial charge in [0.25, 0.3) is 0 Å². The minimum Gasteiger partial charge on any atom is -0.399 e. The molecule has 0 aliphatic rings. The minimum absolute atomic E-state index is 0.484. The van der Waals surface area contributed by atoms with Gasteiger partial charge in [0.15, 0.2) is 0 Å². The lowest BCUT2D eigenvalue weighted by atomic mass is 9.95. The van der Waals surface area contributed by atoms with E-state index in [1.165, 1.54) is 6.08 Å². The lowest BCUT2D eigenvalue weighted by molar-refractivity contribution is 0.671. The lowest BCUT2D eigenvalue weighted by Crippen LogP contribution is -1.86. The van der Waals surface area contributed by atoms with Crippen molar-refractivity contribution in [1.29, 1.82) is 0 Å². The fourth-order valence-corrected chi connectivity index (χ4v) is 2.70. The number of allylic oxidation sites excluding steroid dienone is 4. The Bertz CT molecular complexity index is 949. The maximum Gasteiger partial charge on any atom is 0.116 e. The van der Waals surface area contributed by atoms with Gasteiger partial charge >= 0.3 is 0 Å². The Morgan fingerprint density at radius 2 is 1.58 bits per heavy atom. The lowest BCUT2D eigenvalue weighted by Gasteiger charge is -2.09. The molecule has 0 saturated carbocycles. The number of halogens is 1. The highest BCUT2D eigenvalue weighted by Gasteiger charge is 2.05. The highest BCUT2D eigenvalue weighted by molar-refractivity contribution is 5.97. The second-order valence-electron chi connectivity index (χ2n) is 5.67. The Morgan fingerprint density at radius 1 is 0.875 bits per heavy atom. The summed E-state index contributed by atoms with van der Waals surface area (Å²) >= 11 is 0. The number of fused-ring (bicyclic) bond motifs is 1. The Labute approximate surface area is 141 Å². The summed E-state index contributed by atoms with van der Waals surface area (Å²) in [6, 6.07) is 20.1. The van der Waals surface area contributed by atoms with Crippen LogP contribution in [0.15, 0.2) is 91.8 Å². The zero-order chi connectivity index (χ0) is 17.1. The molecule has 2 N–H and O–H groups in total. The largest absolute Gasteiger partial charge is 0.399 e. The molecule has 0 atom stereocenters. The summed E-state index contributed by atoms with van der Waals surface area (Å²) in [5.74, 6) is -0.484. The van der Waals surface area contributed by atoms with E-state index in [0.29, 0.717) is 0 Å². The average Bonchev–Trinajstić information content (AvgIpc) is 2.59. The fraction of sp³-hybridized carbons (Fsp3) is 0. The van der Waals surface area contributed by atoms with Gasteiger partial charge in [0.1, 0.15) is 5.83 Å². The topological polar surface area (TPSA) is 26.0 Å². The zero-order valence-corrected chi connectivity index (χ0v) is 13.3. The van der Waals surface area contributed by atoms with Crippen molar-refractivity contribution >= 4 is 22.0 Å². The Kier molecular flexibility index (Phi) is 4.30. The van der Waals surface area contributed by atoms with E-state index in [2.05, 4.69) is 37.4 Å². The summed E-state index contributed by atoms with van der Waals surface area (Å²) in [6.07, 6.45) is 2.97. The SMILES string of the molecule is C=C(F)/C=C\C(=C)c1cccc2cc(-c3ccc(N)cc3)ccc12. The van der Waals surface area contributed by atoms with Gasteiger partial charge in [-0.05, 0) is 57.3 Å². The molecule has 118 valence electrons. The number of anilines is 1. The van der Waals surface area contributed by atoms with Crippen LogP contribution in [0.1, 0.15) is 5.56 Å². The van der Waals surface area contributed by atoms with Gasteiger partial charge in [-0.25, -0.2) is 4.39 Å². The van der Waals surface area contributed by atoms with E-state index in [1.54, 1.807) is 6.08 Å². The first-order chi connectivity index (χ1) is 11.5. The van der Waals surface area contributed by atoms with Crippen LogP contribution >= 0.6 is 0 Å². The Hall–Kier alpha value is -3.13. The maximum absolute atomic E-state index is 12.8. The van der Waals surface area contributed by atoms with Crippen molar-refractivity contribution in [2.45, 2.75) is 0 Å². The molecule has 3 aromatic rings. The van der Waals surface area contributed by atoms with Crippen LogP contribution in [0.4, 0.5) is 10.1 Å². The Morgan fingerprint density at radius 3 is 2.29 bits per heavy atom. The molecule has 0 radical (unpaired) electrons. The molecule has 3 rings (SSSR count). The summed E-state index contributed by atoms with van der Waals surface area (Å²) in [7, 11) is 0. The number of nitrogens with two attached hydrogens (primary N) is 1. The van der Waals surface area contributed by atoms with Crippen LogP contribution in [-0.4, -0.2) is 0 Å². The normalized spacial score (nSPS) is 11.0. The monoisotopic (exact) mass is 315 g/mol. The third kappa shape index (κ3) is 3.28. The van der Waals surface area contributed by atoms with E-state index in [0.717, 1.165) is 38.7 Å². The molecular weight excluding hydrogens is 297 g/mol. The molecule has 0 aliphatic heterocycles. The molecule has 0 bridgehead atoms. The summed E-state index contributed by atoms with van der Waals surface area (Å²) in [5, 5.41) is 2.19. The molecule has 0 aromatic heterocycles. The van der Waals surface area contributed by atoms with Crippen LogP contribution in [0, 0.1) is 0 Å². The minimum atomic E-state index is -0.484. The van der Waals surface area contributed by atoms with Gasteiger partial charge in [0.05, 0.1) is 0 Å². The number of hydrogen-bond donors (Lipinski definition) is 1. The highest BCUT2D eigenvalue weighted by atomic mass is 19.1. The van der Waals surface area contributed by atoms with Gasteiger partial charge < -0.3 is 5.73 Å². The maximum atomic E-state index is 12.8. The van der Waals surface area contributed by atoms with E-state index < -0.39 is 5.83 Å². The highest BCUT2D eigenvalue weighted by Crippen LogP contribution is 2.30. The van der Waals surface area contributed by atoms with Crippen molar-refractivity contribution in [2.24, 2.45) is 0 Å². The standard InChI is InChI=1S/C22H18FN/c1-15(6-7-16(2)23)21-5-3-4-19-14-18(10-13-22(19)21)17-8-11-20(24)12-9-17/h3-14H,1-2,24H2/b7-6-. The molecule has 2 heteroatoms. The van der Waals surface area contributed by atoms with Crippen LogP contribution in [-0.2, 0) is 0 Å². The van der Waals surface area contributed by atoms with Gasteiger partial charge in [-0.3, -0.25) is 0 Å². The summed E-state index contributed by atoms with van der Waals surface area (Å²) in [5.41, 5.74) is 10.5. The van der Waals surface area contributed by atoms with Crippen molar-refractivity contribution in [2.75, 3.05) is 5.73 Å². The van der Waals surface area contributed by atoms with Crippen molar-refractivity contribution in [3.8, 4) is 11.1 Å². The van der Waals surface area contributed by atoms with E-state index in [-0.39, 0.29) is 0 Å². The number of hydrogen-bond acceptors (Lipinski definition) is 1. The number of nitrogen functional groups attached to an aromatic ring is 1. The third-order valence-electron chi connectivity index (χ3n) is 3.94. The van der Waals surface area contributed by atoms with Crippen molar-refractivity contribution < 1.29 is 4.39 Å². The first-order valence-electron chi connectivity index (χ1n) is 7.65. The second-order valence-corrected chi connectivity index (χ2v) is 5.67. The summed E-state index contributed by atoms with van der Waals surface area (Å²) < 4.78 is 12.8. The van der Waals surface area contributed by atoms with Gasteiger partial charge in [-0.2, -0.15) is 0 Å². The molecule has 0 fully saturated rings. The molecule has 0 heterocycles. The van der Waals surface area contributed by atoms with Gasteiger partial charge in [0.2, 0.25) is 0 Å². The first kappa shape index (κ1) is 15.8. The average molecular weight is 315 g/mol. The molecule has 0 aliphatic carbocycles. The fourth-order valence-electron chi connectivity index (χ4n) is 2.70. The molecule has 3 aromatic carbocycles. The van der Waals surface area contributed by atoms with Crippen molar-refractivity contribution in [3.63, 3.8) is 0 Å².